The Morgan fingerprint density at radius 3 is 2.67 bits per heavy atom. The van der Waals surface area contributed by atoms with Crippen LogP contribution in [-0.4, -0.2) is 35.7 Å². The number of nitrogens with zero attached hydrogens (tertiary/aromatic N) is 1. The van der Waals surface area contributed by atoms with Crippen LogP contribution in [0.3, 0.4) is 0 Å². The van der Waals surface area contributed by atoms with Gasteiger partial charge in [0.2, 0.25) is 5.91 Å². The van der Waals surface area contributed by atoms with Crippen LogP contribution in [0, 0.1) is 12.3 Å². The number of aryl methyl sites for hydroxylation is 1. The fraction of sp³-hybridized carbons (Fsp3) is 0.588. The number of hydrogen-bond donors (Lipinski definition) is 1. The van der Waals surface area contributed by atoms with Crippen LogP contribution in [0.4, 0.5) is 0 Å². The molecule has 2 rings (SSSR count). The second-order valence-corrected chi connectivity index (χ2v) is 7.78. The summed E-state index contributed by atoms with van der Waals surface area (Å²) in [6, 6.07) is 8.65. The molecular formula is C17H26N2OS. The van der Waals surface area contributed by atoms with E-state index in [1.807, 2.05) is 4.90 Å². The average Bonchev–Trinajstić information content (AvgIpc) is 2.44. The summed E-state index contributed by atoms with van der Waals surface area (Å²) in [5, 5.41) is 0. The number of rotatable bonds is 4. The fourth-order valence-corrected chi connectivity index (χ4v) is 3.48. The van der Waals surface area contributed by atoms with Gasteiger partial charge in [-0.1, -0.05) is 31.5 Å². The molecule has 1 aliphatic rings. The minimum atomic E-state index is 0.0258. The Morgan fingerprint density at radius 2 is 2.05 bits per heavy atom. The summed E-state index contributed by atoms with van der Waals surface area (Å²) in [5.74, 6) is 1.10. The molecule has 1 aromatic carbocycles. The zero-order valence-corrected chi connectivity index (χ0v) is 14.1. The van der Waals surface area contributed by atoms with Crippen molar-refractivity contribution in [3.8, 4) is 0 Å². The van der Waals surface area contributed by atoms with Crippen molar-refractivity contribution >= 4 is 17.7 Å². The molecule has 0 aromatic heterocycles. The van der Waals surface area contributed by atoms with E-state index in [-0.39, 0.29) is 17.4 Å². The van der Waals surface area contributed by atoms with E-state index < -0.39 is 0 Å². The number of piperidine rings is 1. The van der Waals surface area contributed by atoms with Crippen LogP contribution in [0.25, 0.3) is 0 Å². The molecule has 1 atom stereocenters. The Bertz CT molecular complexity index is 484. The summed E-state index contributed by atoms with van der Waals surface area (Å²) in [7, 11) is 0. The van der Waals surface area contributed by atoms with Gasteiger partial charge in [0.1, 0.15) is 0 Å². The minimum Gasteiger partial charge on any atom is -0.342 e. The molecule has 116 valence electrons. The SMILES string of the molecule is Cc1ccc(SCCC(=O)N2CCC(N)C(C)(C)C2)cc1. The highest BCUT2D eigenvalue weighted by Crippen LogP contribution is 2.28. The van der Waals surface area contributed by atoms with E-state index in [4.69, 9.17) is 5.73 Å². The lowest BCUT2D eigenvalue weighted by molar-refractivity contribution is -0.134. The quantitative estimate of drug-likeness (QED) is 0.870. The lowest BCUT2D eigenvalue weighted by Crippen LogP contribution is -2.54. The van der Waals surface area contributed by atoms with Crippen LogP contribution in [0.2, 0.25) is 0 Å². The van der Waals surface area contributed by atoms with Gasteiger partial charge in [-0.25, -0.2) is 0 Å². The number of carbonyl (C=O) groups excluding carboxylic acids is 1. The third-order valence-corrected chi connectivity index (χ3v) is 5.28. The molecule has 3 nitrogen and oxygen atoms in total. The highest BCUT2D eigenvalue weighted by atomic mass is 32.2. The molecule has 2 N–H and O–H groups in total. The molecule has 21 heavy (non-hydrogen) atoms. The number of amides is 1. The van der Waals surface area contributed by atoms with Crippen LogP contribution in [-0.2, 0) is 4.79 Å². The molecule has 1 fully saturated rings. The van der Waals surface area contributed by atoms with Crippen LogP contribution >= 0.6 is 11.8 Å². The Hall–Kier alpha value is -1.00. The second kappa shape index (κ2) is 6.84. The summed E-state index contributed by atoms with van der Waals surface area (Å²) in [5.41, 5.74) is 7.41. The zero-order valence-electron chi connectivity index (χ0n) is 13.3. The summed E-state index contributed by atoms with van der Waals surface area (Å²) < 4.78 is 0. The molecule has 0 bridgehead atoms. The maximum atomic E-state index is 12.3. The van der Waals surface area contributed by atoms with Gasteiger partial charge in [0.05, 0.1) is 0 Å². The van der Waals surface area contributed by atoms with Gasteiger partial charge in [-0.3, -0.25) is 4.79 Å². The predicted molar refractivity (Wildman–Crippen MR) is 89.5 cm³/mol. The first-order valence-corrected chi connectivity index (χ1v) is 8.60. The number of carbonyl (C=O) groups is 1. The molecule has 1 aromatic rings. The molecule has 1 unspecified atom stereocenters. The fourth-order valence-electron chi connectivity index (χ4n) is 2.64. The van der Waals surface area contributed by atoms with Crippen molar-refractivity contribution < 1.29 is 4.79 Å². The maximum absolute atomic E-state index is 12.3. The zero-order chi connectivity index (χ0) is 15.5. The van der Waals surface area contributed by atoms with Gasteiger partial charge in [0.25, 0.3) is 0 Å². The van der Waals surface area contributed by atoms with Crippen molar-refractivity contribution in [1.82, 2.24) is 4.90 Å². The van der Waals surface area contributed by atoms with Crippen molar-refractivity contribution in [2.24, 2.45) is 11.1 Å². The summed E-state index contributed by atoms with van der Waals surface area (Å²) in [4.78, 5) is 15.5. The number of thioether (sulfide) groups is 1. The van der Waals surface area contributed by atoms with Crippen LogP contribution in [0.1, 0.15) is 32.3 Å². The standard InChI is InChI=1S/C17H26N2OS/c1-13-4-6-14(7-5-13)21-11-9-16(20)19-10-8-15(18)17(2,3)12-19/h4-7,15H,8-12,18H2,1-3H3. The predicted octanol–water partition coefficient (Wildman–Crippen LogP) is 3.06. The Labute approximate surface area is 132 Å². The number of likely N-dealkylation sites (tertiary alicyclic amines) is 1. The summed E-state index contributed by atoms with van der Waals surface area (Å²) >= 11 is 1.75. The number of hydrogen-bond acceptors (Lipinski definition) is 3. The third-order valence-electron chi connectivity index (χ3n) is 4.27. The highest BCUT2D eigenvalue weighted by molar-refractivity contribution is 7.99. The summed E-state index contributed by atoms with van der Waals surface area (Å²) in [6.45, 7) is 7.97. The summed E-state index contributed by atoms with van der Waals surface area (Å²) in [6.07, 6.45) is 1.51. The van der Waals surface area contributed by atoms with Gasteiger partial charge in [-0.2, -0.15) is 0 Å². The van der Waals surface area contributed by atoms with E-state index >= 15 is 0 Å². The normalized spacial score (nSPS) is 21.3. The molecule has 1 saturated heterocycles. The average molecular weight is 306 g/mol. The Kier molecular flexibility index (Phi) is 5.33. The van der Waals surface area contributed by atoms with Crippen molar-refractivity contribution in [2.75, 3.05) is 18.8 Å². The molecule has 0 saturated carbocycles. The van der Waals surface area contributed by atoms with Crippen molar-refractivity contribution in [2.45, 2.75) is 44.6 Å². The first-order chi connectivity index (χ1) is 9.88. The van der Waals surface area contributed by atoms with E-state index in [1.165, 1.54) is 10.5 Å². The monoisotopic (exact) mass is 306 g/mol. The largest absolute Gasteiger partial charge is 0.342 e. The molecular weight excluding hydrogens is 280 g/mol. The van der Waals surface area contributed by atoms with E-state index in [2.05, 4.69) is 45.0 Å². The molecule has 4 heteroatoms. The molecule has 0 radical (unpaired) electrons. The van der Waals surface area contributed by atoms with E-state index in [1.54, 1.807) is 11.8 Å². The van der Waals surface area contributed by atoms with Crippen LogP contribution in [0.15, 0.2) is 29.2 Å². The van der Waals surface area contributed by atoms with E-state index in [9.17, 15) is 4.79 Å². The molecule has 0 aliphatic carbocycles. The first kappa shape index (κ1) is 16.4. The smallest absolute Gasteiger partial charge is 0.223 e. The van der Waals surface area contributed by atoms with Gasteiger partial charge in [-0.05, 0) is 30.9 Å². The van der Waals surface area contributed by atoms with Gasteiger partial charge >= 0.3 is 0 Å². The lowest BCUT2D eigenvalue weighted by atomic mass is 9.79. The highest BCUT2D eigenvalue weighted by Gasteiger charge is 2.34. The van der Waals surface area contributed by atoms with Crippen molar-refractivity contribution in [3.63, 3.8) is 0 Å². The third kappa shape index (κ3) is 4.48. The molecule has 1 aliphatic heterocycles. The second-order valence-electron chi connectivity index (χ2n) is 6.61. The topological polar surface area (TPSA) is 46.3 Å². The Balaban J connectivity index is 1.78. The van der Waals surface area contributed by atoms with E-state index in [0.29, 0.717) is 6.42 Å². The molecule has 0 spiro atoms. The molecule has 1 heterocycles. The lowest BCUT2D eigenvalue weighted by Gasteiger charge is -2.42. The van der Waals surface area contributed by atoms with Crippen molar-refractivity contribution in [1.29, 1.82) is 0 Å². The van der Waals surface area contributed by atoms with Gasteiger partial charge in [-0.15, -0.1) is 11.8 Å². The maximum Gasteiger partial charge on any atom is 0.223 e. The van der Waals surface area contributed by atoms with E-state index in [0.717, 1.165) is 25.3 Å². The number of nitrogens with two attached hydrogens (primary N) is 1. The van der Waals surface area contributed by atoms with Gasteiger partial charge in [0.15, 0.2) is 0 Å². The number of benzene rings is 1. The Morgan fingerprint density at radius 1 is 1.38 bits per heavy atom. The first-order valence-electron chi connectivity index (χ1n) is 7.61. The van der Waals surface area contributed by atoms with Gasteiger partial charge < -0.3 is 10.6 Å². The van der Waals surface area contributed by atoms with Crippen molar-refractivity contribution in [3.05, 3.63) is 29.8 Å². The molecule has 1 amide bonds. The van der Waals surface area contributed by atoms with Crippen LogP contribution < -0.4 is 5.73 Å². The van der Waals surface area contributed by atoms with Gasteiger partial charge in [0, 0.05) is 36.2 Å². The minimum absolute atomic E-state index is 0.0258. The van der Waals surface area contributed by atoms with Crippen LogP contribution in [0.5, 0.6) is 0 Å².